The van der Waals surface area contributed by atoms with Gasteiger partial charge in [-0.15, -0.1) is 0 Å². The highest BCUT2D eigenvalue weighted by atomic mass is 16.2. The van der Waals surface area contributed by atoms with Gasteiger partial charge in [0.2, 0.25) is 5.91 Å². The lowest BCUT2D eigenvalue weighted by molar-refractivity contribution is -0.128. The molecule has 2 aliphatic rings. The second-order valence-corrected chi connectivity index (χ2v) is 6.57. The van der Waals surface area contributed by atoms with E-state index in [1.54, 1.807) is 13.3 Å². The van der Waals surface area contributed by atoms with Crippen molar-refractivity contribution in [3.63, 3.8) is 0 Å². The fourth-order valence-corrected chi connectivity index (χ4v) is 3.95. The molecular formula is C17H21N5O. The lowest BCUT2D eigenvalue weighted by Crippen LogP contribution is -2.50. The number of piperidine rings is 1. The van der Waals surface area contributed by atoms with E-state index >= 15 is 0 Å². The summed E-state index contributed by atoms with van der Waals surface area (Å²) >= 11 is 0. The Morgan fingerprint density at radius 2 is 2.17 bits per heavy atom. The fraction of sp³-hybridized carbons (Fsp3) is 0.471. The van der Waals surface area contributed by atoms with Gasteiger partial charge in [-0.1, -0.05) is 6.58 Å². The van der Waals surface area contributed by atoms with Crippen molar-refractivity contribution in [3.8, 4) is 0 Å². The number of likely N-dealkylation sites (tertiary alicyclic amines) is 1. The summed E-state index contributed by atoms with van der Waals surface area (Å²) in [6, 6.07) is 2.36. The van der Waals surface area contributed by atoms with Crippen LogP contribution in [0.5, 0.6) is 0 Å². The molecule has 2 aliphatic heterocycles. The topological polar surface area (TPSA) is 65.1 Å². The Labute approximate surface area is 135 Å². The number of carbonyl (C=O) groups excluding carboxylic acids is 1. The highest BCUT2D eigenvalue weighted by molar-refractivity contribution is 5.92. The first kappa shape index (κ1) is 14.2. The van der Waals surface area contributed by atoms with E-state index in [1.165, 1.54) is 0 Å². The van der Waals surface area contributed by atoms with Crippen LogP contribution in [0.15, 0.2) is 30.7 Å². The van der Waals surface area contributed by atoms with Gasteiger partial charge in [0.1, 0.15) is 17.8 Å². The molecular weight excluding hydrogens is 290 g/mol. The second-order valence-electron chi connectivity index (χ2n) is 6.57. The lowest BCUT2D eigenvalue weighted by atomic mass is 9.92. The molecule has 4 rings (SSSR count). The van der Waals surface area contributed by atoms with Gasteiger partial charge in [0.25, 0.3) is 0 Å². The van der Waals surface area contributed by atoms with Gasteiger partial charge >= 0.3 is 0 Å². The van der Waals surface area contributed by atoms with Crippen LogP contribution in [0.25, 0.3) is 11.0 Å². The van der Waals surface area contributed by atoms with Crippen LogP contribution in [0, 0.1) is 5.92 Å². The van der Waals surface area contributed by atoms with Gasteiger partial charge in [0, 0.05) is 31.4 Å². The van der Waals surface area contributed by atoms with Crippen LogP contribution in [-0.2, 0) is 4.79 Å². The molecule has 2 aromatic rings. The third-order valence-corrected chi connectivity index (χ3v) is 5.12. The SMILES string of the molecule is C=C(C)C(=O)N1CC[C@@H]2CCN(c3ncnc4[nH]ccc34)[C@@H]2C1. The van der Waals surface area contributed by atoms with Crippen LogP contribution < -0.4 is 4.90 Å². The Kier molecular flexibility index (Phi) is 3.32. The molecule has 0 spiro atoms. The lowest BCUT2D eigenvalue weighted by Gasteiger charge is -2.39. The van der Waals surface area contributed by atoms with Crippen LogP contribution in [0.1, 0.15) is 19.8 Å². The van der Waals surface area contributed by atoms with Crippen molar-refractivity contribution >= 4 is 22.8 Å². The molecule has 120 valence electrons. The first-order chi connectivity index (χ1) is 11.1. The number of amides is 1. The van der Waals surface area contributed by atoms with E-state index in [-0.39, 0.29) is 5.91 Å². The zero-order chi connectivity index (χ0) is 16.0. The summed E-state index contributed by atoms with van der Waals surface area (Å²) in [6.45, 7) is 8.17. The Morgan fingerprint density at radius 1 is 1.35 bits per heavy atom. The standard InChI is InChI=1S/C17H21N5O/c1-11(2)17(23)21-7-4-12-5-8-22(14(12)9-21)16-13-3-6-18-15(13)19-10-20-16/h3,6,10,12,14H,1,4-5,7-9H2,2H3,(H,18,19,20)/t12-,14-/m1/s1. The van der Waals surface area contributed by atoms with E-state index in [4.69, 9.17) is 0 Å². The zero-order valence-electron chi connectivity index (χ0n) is 13.3. The molecule has 6 nitrogen and oxygen atoms in total. The van der Waals surface area contributed by atoms with Crippen molar-refractivity contribution in [3.05, 3.63) is 30.7 Å². The largest absolute Gasteiger partial charge is 0.351 e. The maximum atomic E-state index is 12.3. The average Bonchev–Trinajstić information content (AvgIpc) is 3.19. The van der Waals surface area contributed by atoms with E-state index in [2.05, 4.69) is 26.4 Å². The van der Waals surface area contributed by atoms with Crippen molar-refractivity contribution in [1.29, 1.82) is 0 Å². The smallest absolute Gasteiger partial charge is 0.248 e. The molecule has 1 N–H and O–H groups in total. The minimum absolute atomic E-state index is 0.0739. The predicted molar refractivity (Wildman–Crippen MR) is 89.1 cm³/mol. The number of hydrogen-bond donors (Lipinski definition) is 1. The van der Waals surface area contributed by atoms with Gasteiger partial charge in [-0.3, -0.25) is 4.79 Å². The Balaban J connectivity index is 1.64. The molecule has 0 radical (unpaired) electrons. The number of carbonyl (C=O) groups is 1. The number of anilines is 1. The van der Waals surface area contributed by atoms with Crippen molar-refractivity contribution < 1.29 is 4.79 Å². The molecule has 2 aromatic heterocycles. The molecule has 2 saturated heterocycles. The minimum Gasteiger partial charge on any atom is -0.351 e. The van der Waals surface area contributed by atoms with E-state index in [9.17, 15) is 4.79 Å². The highest BCUT2D eigenvalue weighted by Crippen LogP contribution is 2.36. The molecule has 4 heterocycles. The van der Waals surface area contributed by atoms with Crippen LogP contribution in [0.3, 0.4) is 0 Å². The van der Waals surface area contributed by atoms with Gasteiger partial charge in [-0.2, -0.15) is 0 Å². The summed E-state index contributed by atoms with van der Waals surface area (Å²) in [7, 11) is 0. The summed E-state index contributed by atoms with van der Waals surface area (Å²) in [6.07, 6.45) is 5.73. The molecule has 6 heteroatoms. The molecule has 0 bridgehead atoms. The quantitative estimate of drug-likeness (QED) is 0.861. The number of nitrogens with one attached hydrogen (secondary N) is 1. The highest BCUT2D eigenvalue weighted by Gasteiger charge is 2.40. The summed E-state index contributed by atoms with van der Waals surface area (Å²) in [4.78, 5) is 28.5. The molecule has 1 amide bonds. The number of aromatic amines is 1. The van der Waals surface area contributed by atoms with Gasteiger partial charge in [0.05, 0.1) is 11.4 Å². The van der Waals surface area contributed by atoms with Crippen molar-refractivity contribution in [2.75, 3.05) is 24.5 Å². The second kappa shape index (κ2) is 5.37. The first-order valence-electron chi connectivity index (χ1n) is 8.14. The maximum Gasteiger partial charge on any atom is 0.248 e. The van der Waals surface area contributed by atoms with E-state index in [0.717, 1.165) is 49.3 Å². The number of H-pyrrole nitrogens is 1. The molecule has 0 unspecified atom stereocenters. The number of rotatable bonds is 2. The first-order valence-corrected chi connectivity index (χ1v) is 8.14. The average molecular weight is 311 g/mol. The van der Waals surface area contributed by atoms with E-state index in [1.807, 2.05) is 17.2 Å². The zero-order valence-corrected chi connectivity index (χ0v) is 13.3. The van der Waals surface area contributed by atoms with Crippen molar-refractivity contribution in [1.82, 2.24) is 19.9 Å². The number of aromatic nitrogens is 3. The summed E-state index contributed by atoms with van der Waals surface area (Å²) in [5, 5.41) is 1.05. The summed E-state index contributed by atoms with van der Waals surface area (Å²) < 4.78 is 0. The Hall–Kier alpha value is -2.37. The molecule has 2 fully saturated rings. The molecule has 23 heavy (non-hydrogen) atoms. The summed E-state index contributed by atoms with van der Waals surface area (Å²) in [5.74, 6) is 1.69. The minimum atomic E-state index is 0.0739. The molecule has 0 aliphatic carbocycles. The van der Waals surface area contributed by atoms with Crippen LogP contribution >= 0.6 is 0 Å². The van der Waals surface area contributed by atoms with E-state index in [0.29, 0.717) is 17.5 Å². The van der Waals surface area contributed by atoms with Gasteiger partial charge < -0.3 is 14.8 Å². The third kappa shape index (κ3) is 2.29. The van der Waals surface area contributed by atoms with Crippen LogP contribution in [0.4, 0.5) is 5.82 Å². The van der Waals surface area contributed by atoms with Crippen LogP contribution in [0.2, 0.25) is 0 Å². The number of hydrogen-bond acceptors (Lipinski definition) is 4. The Morgan fingerprint density at radius 3 is 3.00 bits per heavy atom. The van der Waals surface area contributed by atoms with Gasteiger partial charge in [-0.05, 0) is 31.7 Å². The normalized spacial score (nSPS) is 24.0. The van der Waals surface area contributed by atoms with Gasteiger partial charge in [0.15, 0.2) is 0 Å². The molecule has 0 aromatic carbocycles. The molecule has 0 saturated carbocycles. The van der Waals surface area contributed by atoms with Crippen molar-refractivity contribution in [2.24, 2.45) is 5.92 Å². The summed E-state index contributed by atoms with van der Waals surface area (Å²) in [5.41, 5.74) is 1.48. The fourth-order valence-electron chi connectivity index (χ4n) is 3.95. The number of fused-ring (bicyclic) bond motifs is 2. The van der Waals surface area contributed by atoms with Crippen LogP contribution in [-0.4, -0.2) is 51.4 Å². The maximum absolute atomic E-state index is 12.3. The number of nitrogens with zero attached hydrogens (tertiary/aromatic N) is 4. The Bertz CT molecular complexity index is 767. The van der Waals surface area contributed by atoms with Gasteiger partial charge in [-0.25, -0.2) is 9.97 Å². The molecule has 2 atom stereocenters. The third-order valence-electron chi connectivity index (χ3n) is 5.12. The van der Waals surface area contributed by atoms with E-state index < -0.39 is 0 Å². The predicted octanol–water partition coefficient (Wildman–Crippen LogP) is 1.96. The monoisotopic (exact) mass is 311 g/mol. The van der Waals surface area contributed by atoms with Crippen molar-refractivity contribution in [2.45, 2.75) is 25.8 Å².